The van der Waals surface area contributed by atoms with Crippen LogP contribution in [0, 0.1) is 5.92 Å². The number of aromatic nitrogens is 1. The fourth-order valence-corrected chi connectivity index (χ4v) is 3.82. The molecule has 8 heteroatoms. The number of nitrogens with zero attached hydrogens (tertiary/aromatic N) is 2. The van der Waals surface area contributed by atoms with Crippen molar-refractivity contribution in [3.05, 3.63) is 24.5 Å². The summed E-state index contributed by atoms with van der Waals surface area (Å²) < 4.78 is 1.99. The van der Waals surface area contributed by atoms with Crippen LogP contribution in [0.1, 0.15) is 57.8 Å². The lowest BCUT2D eigenvalue weighted by Crippen LogP contribution is -2.41. The molecule has 0 spiro atoms. The molecule has 29 heavy (non-hydrogen) atoms. The second kappa shape index (κ2) is 13.0. The summed E-state index contributed by atoms with van der Waals surface area (Å²) in [6, 6.07) is 3.85. The zero-order chi connectivity index (χ0) is 20.9. The van der Waals surface area contributed by atoms with Crippen LogP contribution in [0.2, 0.25) is 0 Å². The minimum atomic E-state index is -0.642. The highest BCUT2D eigenvalue weighted by Crippen LogP contribution is 2.25. The van der Waals surface area contributed by atoms with Crippen molar-refractivity contribution >= 4 is 17.7 Å². The van der Waals surface area contributed by atoms with Gasteiger partial charge in [0.1, 0.15) is 6.54 Å². The molecule has 0 atom stereocenters. The van der Waals surface area contributed by atoms with E-state index >= 15 is 0 Å². The maximum atomic E-state index is 12.5. The first kappa shape index (κ1) is 22.9. The summed E-state index contributed by atoms with van der Waals surface area (Å²) in [4.78, 5) is 37.4. The summed E-state index contributed by atoms with van der Waals surface area (Å²) in [5.74, 6) is -0.327. The van der Waals surface area contributed by atoms with E-state index in [0.29, 0.717) is 25.4 Å². The van der Waals surface area contributed by atoms with Gasteiger partial charge >= 0.3 is 0 Å². The topological polar surface area (TPSA) is 104 Å². The Morgan fingerprint density at radius 1 is 1.03 bits per heavy atom. The van der Waals surface area contributed by atoms with Gasteiger partial charge in [-0.05, 0) is 30.9 Å². The first-order valence-corrected chi connectivity index (χ1v) is 10.7. The summed E-state index contributed by atoms with van der Waals surface area (Å²) >= 11 is 0. The van der Waals surface area contributed by atoms with E-state index in [1.807, 2.05) is 29.1 Å². The lowest BCUT2D eigenvalue weighted by Gasteiger charge is -2.22. The lowest BCUT2D eigenvalue weighted by molar-refractivity contribution is -0.140. The number of carbonyl (C=O) groups is 3. The maximum absolute atomic E-state index is 12.5. The van der Waals surface area contributed by atoms with Crippen molar-refractivity contribution in [1.29, 1.82) is 0 Å². The first-order chi connectivity index (χ1) is 14.1. The monoisotopic (exact) mass is 406 g/mol. The molecule has 3 N–H and O–H groups in total. The van der Waals surface area contributed by atoms with E-state index in [0.717, 1.165) is 13.0 Å². The van der Waals surface area contributed by atoms with Gasteiger partial charge in [-0.2, -0.15) is 0 Å². The smallest absolute Gasteiger partial charge is 0.262 e. The predicted molar refractivity (Wildman–Crippen MR) is 109 cm³/mol. The number of rotatable bonds is 12. The van der Waals surface area contributed by atoms with Crippen molar-refractivity contribution in [3.63, 3.8) is 0 Å². The maximum Gasteiger partial charge on any atom is 0.262 e. The van der Waals surface area contributed by atoms with Crippen molar-refractivity contribution in [2.24, 2.45) is 5.92 Å². The number of carbonyl (C=O) groups excluding carboxylic acids is 3. The zero-order valence-electron chi connectivity index (χ0n) is 17.1. The molecular formula is C21H34N4O4. The van der Waals surface area contributed by atoms with E-state index in [-0.39, 0.29) is 31.2 Å². The molecular weight excluding hydrogens is 372 g/mol. The molecule has 1 saturated carbocycles. The standard InChI is InChI=1S/C21H34N4O4/c26-19(22-12-11-18-7-2-1-3-8-18)9-10-21(28)25(17-20(27)23-29)16-6-15-24-13-4-5-14-24/h4-5,13-14,18,29H,1-3,6-12,15-17H2,(H,22,26)(H,23,27). The van der Waals surface area contributed by atoms with Crippen LogP contribution >= 0.6 is 0 Å². The molecule has 1 fully saturated rings. The number of hydrogen-bond donors (Lipinski definition) is 3. The summed E-state index contributed by atoms with van der Waals surface area (Å²) in [6.07, 6.45) is 12.1. The van der Waals surface area contributed by atoms with E-state index < -0.39 is 5.91 Å². The predicted octanol–water partition coefficient (Wildman–Crippen LogP) is 2.08. The Kier molecular flexibility index (Phi) is 10.3. The Labute approximate surface area is 172 Å². The van der Waals surface area contributed by atoms with Crippen molar-refractivity contribution in [1.82, 2.24) is 20.3 Å². The van der Waals surface area contributed by atoms with Crippen LogP contribution in [0.3, 0.4) is 0 Å². The van der Waals surface area contributed by atoms with Crippen molar-refractivity contribution in [2.45, 2.75) is 64.3 Å². The van der Waals surface area contributed by atoms with Gasteiger partial charge in [0.2, 0.25) is 11.8 Å². The van der Waals surface area contributed by atoms with Gasteiger partial charge in [0, 0.05) is 44.9 Å². The summed E-state index contributed by atoms with van der Waals surface area (Å²) in [6.45, 7) is 1.54. The van der Waals surface area contributed by atoms with Crippen LogP contribution in [-0.2, 0) is 20.9 Å². The quantitative estimate of drug-likeness (QED) is 0.365. The third-order valence-corrected chi connectivity index (χ3v) is 5.49. The van der Waals surface area contributed by atoms with Gasteiger partial charge in [-0.1, -0.05) is 32.1 Å². The normalized spacial score (nSPS) is 14.4. The molecule has 1 aromatic heterocycles. The first-order valence-electron chi connectivity index (χ1n) is 10.7. The zero-order valence-corrected chi connectivity index (χ0v) is 17.1. The van der Waals surface area contributed by atoms with Crippen LogP contribution in [0.5, 0.6) is 0 Å². The van der Waals surface area contributed by atoms with Crippen LogP contribution in [0.25, 0.3) is 0 Å². The highest BCUT2D eigenvalue weighted by molar-refractivity contribution is 5.87. The molecule has 2 rings (SSSR count). The molecule has 0 bridgehead atoms. The van der Waals surface area contributed by atoms with E-state index in [4.69, 9.17) is 5.21 Å². The third kappa shape index (κ3) is 9.13. The number of hydroxylamine groups is 1. The van der Waals surface area contributed by atoms with Gasteiger partial charge in [-0.25, -0.2) is 5.48 Å². The number of aryl methyl sites for hydroxylation is 1. The number of amides is 3. The fraction of sp³-hybridized carbons (Fsp3) is 0.667. The minimum Gasteiger partial charge on any atom is -0.356 e. The Bertz CT molecular complexity index is 627. The number of hydrogen-bond acceptors (Lipinski definition) is 4. The SMILES string of the molecule is O=C(CN(CCCn1cccc1)C(=O)CCC(=O)NCCC1CCCCC1)NO. The average Bonchev–Trinajstić information content (AvgIpc) is 3.25. The third-order valence-electron chi connectivity index (χ3n) is 5.49. The van der Waals surface area contributed by atoms with Gasteiger partial charge in [-0.15, -0.1) is 0 Å². The van der Waals surface area contributed by atoms with Gasteiger partial charge in [0.05, 0.1) is 0 Å². The van der Waals surface area contributed by atoms with Crippen molar-refractivity contribution in [3.8, 4) is 0 Å². The molecule has 0 saturated heterocycles. The van der Waals surface area contributed by atoms with E-state index in [1.165, 1.54) is 37.0 Å². The Morgan fingerprint density at radius 3 is 2.45 bits per heavy atom. The van der Waals surface area contributed by atoms with Gasteiger partial charge in [-0.3, -0.25) is 19.6 Å². The van der Waals surface area contributed by atoms with Gasteiger partial charge < -0.3 is 14.8 Å². The second-order valence-corrected chi connectivity index (χ2v) is 7.77. The Hall–Kier alpha value is -2.35. The van der Waals surface area contributed by atoms with E-state index in [2.05, 4.69) is 5.32 Å². The highest BCUT2D eigenvalue weighted by Gasteiger charge is 2.18. The molecule has 0 unspecified atom stereocenters. The lowest BCUT2D eigenvalue weighted by atomic mass is 9.87. The molecule has 162 valence electrons. The van der Waals surface area contributed by atoms with E-state index in [9.17, 15) is 14.4 Å². The molecule has 8 nitrogen and oxygen atoms in total. The molecule has 0 radical (unpaired) electrons. The van der Waals surface area contributed by atoms with Gasteiger partial charge in [0.25, 0.3) is 5.91 Å². The van der Waals surface area contributed by atoms with Crippen LogP contribution in [-0.4, -0.2) is 52.0 Å². The largest absolute Gasteiger partial charge is 0.356 e. The Balaban J connectivity index is 1.68. The van der Waals surface area contributed by atoms with Crippen molar-refractivity contribution in [2.75, 3.05) is 19.6 Å². The average molecular weight is 407 g/mol. The van der Waals surface area contributed by atoms with Crippen LogP contribution < -0.4 is 10.8 Å². The molecule has 1 aliphatic rings. The summed E-state index contributed by atoms with van der Waals surface area (Å²) in [7, 11) is 0. The summed E-state index contributed by atoms with van der Waals surface area (Å²) in [5.41, 5.74) is 1.56. The molecule has 0 aromatic carbocycles. The van der Waals surface area contributed by atoms with Gasteiger partial charge in [0.15, 0.2) is 0 Å². The second-order valence-electron chi connectivity index (χ2n) is 7.77. The minimum absolute atomic E-state index is 0.0531. The van der Waals surface area contributed by atoms with Crippen LogP contribution in [0.15, 0.2) is 24.5 Å². The van der Waals surface area contributed by atoms with E-state index in [1.54, 1.807) is 5.48 Å². The number of nitrogens with one attached hydrogen (secondary N) is 2. The highest BCUT2D eigenvalue weighted by atomic mass is 16.5. The molecule has 1 aliphatic carbocycles. The molecule has 3 amide bonds. The van der Waals surface area contributed by atoms with Crippen LogP contribution in [0.4, 0.5) is 0 Å². The summed E-state index contributed by atoms with van der Waals surface area (Å²) in [5, 5.41) is 11.7. The van der Waals surface area contributed by atoms with Crippen molar-refractivity contribution < 1.29 is 19.6 Å². The fourth-order valence-electron chi connectivity index (χ4n) is 3.82. The Morgan fingerprint density at radius 2 is 1.76 bits per heavy atom. The molecule has 1 aromatic rings. The molecule has 0 aliphatic heterocycles. The molecule has 1 heterocycles.